The zero-order chi connectivity index (χ0) is 11.9. The molecule has 0 spiro atoms. The van der Waals surface area contributed by atoms with E-state index in [0.717, 1.165) is 19.3 Å². The quantitative estimate of drug-likeness (QED) is 0.552. The van der Waals surface area contributed by atoms with Crippen LogP contribution in [0.25, 0.3) is 0 Å². The van der Waals surface area contributed by atoms with Gasteiger partial charge in [0.2, 0.25) is 0 Å². The molecule has 5 nitrogen and oxygen atoms in total. The molecule has 0 aromatic rings. The predicted molar refractivity (Wildman–Crippen MR) is 59.4 cm³/mol. The van der Waals surface area contributed by atoms with Crippen LogP contribution >= 0.6 is 0 Å². The Balaban J connectivity index is 2.30. The lowest BCUT2D eigenvalue weighted by Crippen LogP contribution is -2.54. The fourth-order valence-corrected chi connectivity index (χ4v) is 2.15. The van der Waals surface area contributed by atoms with E-state index in [1.165, 1.54) is 0 Å². The molecule has 0 radical (unpaired) electrons. The van der Waals surface area contributed by atoms with Crippen molar-refractivity contribution in [3.63, 3.8) is 0 Å². The molecule has 0 atom stereocenters. The number of carboxylic acid groups (broad SMARTS) is 1. The number of rotatable bonds is 7. The molecule has 0 heterocycles. The van der Waals surface area contributed by atoms with Crippen molar-refractivity contribution >= 4 is 5.97 Å². The summed E-state index contributed by atoms with van der Waals surface area (Å²) in [4.78, 5) is 11.3. The topological polar surface area (TPSA) is 78.8 Å². The highest BCUT2D eigenvalue weighted by Crippen LogP contribution is 2.28. The first kappa shape index (κ1) is 13.4. The Hall–Kier alpha value is -0.650. The third kappa shape index (κ3) is 3.73. The zero-order valence-electron chi connectivity index (χ0n) is 9.57. The van der Waals surface area contributed by atoms with Crippen molar-refractivity contribution in [1.82, 2.24) is 5.32 Å². The number of carbonyl (C=O) groups is 1. The van der Waals surface area contributed by atoms with Gasteiger partial charge in [-0.1, -0.05) is 19.3 Å². The van der Waals surface area contributed by atoms with E-state index >= 15 is 0 Å². The third-order valence-corrected chi connectivity index (χ3v) is 3.06. The van der Waals surface area contributed by atoms with Crippen LogP contribution in [-0.4, -0.2) is 48.1 Å². The number of hydrogen-bond acceptors (Lipinski definition) is 4. The SMILES string of the molecule is O=C(O)C1(NCCOCCO)CCCCC1. The van der Waals surface area contributed by atoms with Gasteiger partial charge in [-0.25, -0.2) is 0 Å². The molecule has 0 aliphatic heterocycles. The van der Waals surface area contributed by atoms with Gasteiger partial charge in [-0.3, -0.25) is 10.1 Å². The van der Waals surface area contributed by atoms with Gasteiger partial charge in [0.15, 0.2) is 0 Å². The second-order valence-electron chi connectivity index (χ2n) is 4.21. The summed E-state index contributed by atoms with van der Waals surface area (Å²) in [6, 6.07) is 0. The average Bonchev–Trinajstić information content (AvgIpc) is 2.30. The van der Waals surface area contributed by atoms with Crippen molar-refractivity contribution in [3.05, 3.63) is 0 Å². The van der Waals surface area contributed by atoms with Gasteiger partial charge in [0.25, 0.3) is 0 Å². The van der Waals surface area contributed by atoms with Crippen molar-refractivity contribution in [3.8, 4) is 0 Å². The first-order valence-corrected chi connectivity index (χ1v) is 5.88. The molecule has 1 rings (SSSR count). The summed E-state index contributed by atoms with van der Waals surface area (Å²) in [5.74, 6) is -0.755. The Morgan fingerprint density at radius 1 is 1.25 bits per heavy atom. The summed E-state index contributed by atoms with van der Waals surface area (Å²) in [7, 11) is 0. The Labute approximate surface area is 95.8 Å². The van der Waals surface area contributed by atoms with Crippen molar-refractivity contribution in [2.45, 2.75) is 37.6 Å². The van der Waals surface area contributed by atoms with E-state index in [1.807, 2.05) is 0 Å². The summed E-state index contributed by atoms with van der Waals surface area (Å²) in [6.07, 6.45) is 4.45. The van der Waals surface area contributed by atoms with Gasteiger partial charge in [0.1, 0.15) is 5.54 Å². The Kier molecular flexibility index (Phi) is 5.73. The fraction of sp³-hybridized carbons (Fsp3) is 0.909. The van der Waals surface area contributed by atoms with E-state index in [0.29, 0.717) is 32.6 Å². The molecule has 1 aliphatic carbocycles. The van der Waals surface area contributed by atoms with E-state index < -0.39 is 11.5 Å². The Bertz CT molecular complexity index is 214. The molecule has 16 heavy (non-hydrogen) atoms. The van der Waals surface area contributed by atoms with Crippen LogP contribution in [0.1, 0.15) is 32.1 Å². The fourth-order valence-electron chi connectivity index (χ4n) is 2.15. The lowest BCUT2D eigenvalue weighted by atomic mass is 9.82. The van der Waals surface area contributed by atoms with Gasteiger partial charge < -0.3 is 14.9 Å². The predicted octanol–water partition coefficient (Wildman–Crippen LogP) is 0.372. The zero-order valence-corrected chi connectivity index (χ0v) is 9.57. The molecule has 0 saturated heterocycles. The summed E-state index contributed by atoms with van der Waals surface area (Å²) in [5, 5.41) is 20.8. The van der Waals surface area contributed by atoms with Gasteiger partial charge in [-0.2, -0.15) is 0 Å². The molecular formula is C11H21NO4. The molecule has 0 bridgehead atoms. The van der Waals surface area contributed by atoms with Crippen molar-refractivity contribution in [1.29, 1.82) is 0 Å². The summed E-state index contributed by atoms with van der Waals surface area (Å²) < 4.78 is 5.09. The van der Waals surface area contributed by atoms with Crippen LogP contribution in [0, 0.1) is 0 Å². The van der Waals surface area contributed by atoms with E-state index in [1.54, 1.807) is 0 Å². The maximum Gasteiger partial charge on any atom is 0.323 e. The molecule has 1 aliphatic rings. The third-order valence-electron chi connectivity index (χ3n) is 3.06. The van der Waals surface area contributed by atoms with Gasteiger partial charge in [-0.05, 0) is 12.8 Å². The smallest absolute Gasteiger partial charge is 0.323 e. The standard InChI is InChI=1S/C11H21NO4/c13-7-9-16-8-6-12-11(10(14)15)4-2-1-3-5-11/h12-13H,1-9H2,(H,14,15). The number of hydrogen-bond donors (Lipinski definition) is 3. The highest BCUT2D eigenvalue weighted by atomic mass is 16.5. The minimum absolute atomic E-state index is 0.00404. The molecule has 0 aromatic carbocycles. The van der Waals surface area contributed by atoms with Crippen molar-refractivity contribution in [2.24, 2.45) is 0 Å². The second kappa shape index (κ2) is 6.83. The number of nitrogens with one attached hydrogen (secondary N) is 1. The minimum Gasteiger partial charge on any atom is -0.480 e. The lowest BCUT2D eigenvalue weighted by molar-refractivity contribution is -0.146. The van der Waals surface area contributed by atoms with Crippen molar-refractivity contribution < 1.29 is 19.7 Å². The van der Waals surface area contributed by atoms with Gasteiger partial charge in [0, 0.05) is 6.54 Å². The van der Waals surface area contributed by atoms with Crippen LogP contribution in [0.4, 0.5) is 0 Å². The van der Waals surface area contributed by atoms with E-state index in [2.05, 4.69) is 5.32 Å². The molecule has 3 N–H and O–H groups in total. The second-order valence-corrected chi connectivity index (χ2v) is 4.21. The molecule has 0 amide bonds. The Morgan fingerprint density at radius 2 is 1.94 bits per heavy atom. The van der Waals surface area contributed by atoms with E-state index in [-0.39, 0.29) is 6.61 Å². The molecule has 1 fully saturated rings. The summed E-state index contributed by atoms with van der Waals surface area (Å²) >= 11 is 0. The Morgan fingerprint density at radius 3 is 2.50 bits per heavy atom. The van der Waals surface area contributed by atoms with E-state index in [4.69, 9.17) is 9.84 Å². The molecule has 0 unspecified atom stereocenters. The first-order valence-electron chi connectivity index (χ1n) is 5.88. The highest BCUT2D eigenvalue weighted by Gasteiger charge is 2.38. The van der Waals surface area contributed by atoms with Gasteiger partial charge in [0.05, 0.1) is 19.8 Å². The number of aliphatic hydroxyl groups is 1. The summed E-state index contributed by atoms with van der Waals surface area (Å²) in [5.41, 5.74) is -0.749. The van der Waals surface area contributed by atoms with Crippen LogP contribution < -0.4 is 5.32 Å². The van der Waals surface area contributed by atoms with Crippen LogP contribution in [0.5, 0.6) is 0 Å². The first-order chi connectivity index (χ1) is 7.71. The largest absolute Gasteiger partial charge is 0.480 e. The molecule has 5 heteroatoms. The maximum atomic E-state index is 11.3. The van der Waals surface area contributed by atoms with Crippen LogP contribution in [0.2, 0.25) is 0 Å². The highest BCUT2D eigenvalue weighted by molar-refractivity contribution is 5.78. The number of aliphatic carboxylic acids is 1. The average molecular weight is 231 g/mol. The molecule has 0 aromatic heterocycles. The van der Waals surface area contributed by atoms with E-state index in [9.17, 15) is 9.90 Å². The molecule has 94 valence electrons. The normalized spacial score (nSPS) is 19.6. The summed E-state index contributed by atoms with van der Waals surface area (Å²) in [6.45, 7) is 1.27. The lowest BCUT2D eigenvalue weighted by Gasteiger charge is -2.34. The number of carboxylic acids is 1. The van der Waals surface area contributed by atoms with Crippen molar-refractivity contribution in [2.75, 3.05) is 26.4 Å². The van der Waals surface area contributed by atoms with Crippen LogP contribution in [0.15, 0.2) is 0 Å². The molecular weight excluding hydrogens is 210 g/mol. The monoisotopic (exact) mass is 231 g/mol. The minimum atomic E-state index is -0.755. The van der Waals surface area contributed by atoms with Gasteiger partial charge >= 0.3 is 5.97 Å². The van der Waals surface area contributed by atoms with Gasteiger partial charge in [-0.15, -0.1) is 0 Å². The molecule has 1 saturated carbocycles. The maximum absolute atomic E-state index is 11.3. The van der Waals surface area contributed by atoms with Crippen LogP contribution in [-0.2, 0) is 9.53 Å². The number of aliphatic hydroxyl groups excluding tert-OH is 1. The van der Waals surface area contributed by atoms with Crippen LogP contribution in [0.3, 0.4) is 0 Å². The number of ether oxygens (including phenoxy) is 1.